The van der Waals surface area contributed by atoms with Gasteiger partial charge >= 0.3 is 6.18 Å². The van der Waals surface area contributed by atoms with E-state index in [2.05, 4.69) is 15.3 Å². The zero-order valence-corrected chi connectivity index (χ0v) is 13.3. The van der Waals surface area contributed by atoms with Crippen LogP contribution in [0.4, 0.5) is 22.0 Å². The molecule has 3 aromatic rings. The maximum atomic E-state index is 14.6. The molecule has 0 fully saturated rings. The number of aromatic nitrogens is 4. The van der Waals surface area contributed by atoms with Crippen LogP contribution < -0.4 is 0 Å². The van der Waals surface area contributed by atoms with Crippen molar-refractivity contribution in [2.75, 3.05) is 0 Å². The fourth-order valence-electron chi connectivity index (χ4n) is 2.13. The summed E-state index contributed by atoms with van der Waals surface area (Å²) in [5, 5.41) is 5.69. The second kappa shape index (κ2) is 6.23. The monoisotopic (exact) mass is 394 g/mol. The van der Waals surface area contributed by atoms with Crippen molar-refractivity contribution in [2.24, 2.45) is 0 Å². The molecule has 0 bridgehead atoms. The molecule has 25 heavy (non-hydrogen) atoms. The van der Waals surface area contributed by atoms with Crippen LogP contribution in [0.2, 0.25) is 10.0 Å². The number of halogens is 7. The molecule has 0 radical (unpaired) electrons. The maximum Gasteiger partial charge on any atom is 0.436 e. The van der Waals surface area contributed by atoms with Crippen molar-refractivity contribution in [3.05, 3.63) is 58.1 Å². The van der Waals surface area contributed by atoms with Gasteiger partial charge in [0, 0.05) is 17.3 Å². The van der Waals surface area contributed by atoms with Crippen LogP contribution in [0, 0.1) is 11.6 Å². The van der Waals surface area contributed by atoms with Crippen molar-refractivity contribution >= 4 is 23.2 Å². The molecule has 11 heteroatoms. The quantitative estimate of drug-likeness (QED) is 0.578. The van der Waals surface area contributed by atoms with Crippen LogP contribution in [0.15, 0.2) is 30.7 Å². The third kappa shape index (κ3) is 3.16. The normalized spacial score (nSPS) is 11.8. The van der Waals surface area contributed by atoms with E-state index < -0.39 is 34.6 Å². The summed E-state index contributed by atoms with van der Waals surface area (Å²) in [6.45, 7) is 0. The lowest BCUT2D eigenvalue weighted by Gasteiger charge is -2.13. The highest BCUT2D eigenvalue weighted by Crippen LogP contribution is 2.38. The number of hydrogen-bond donors (Lipinski definition) is 0. The van der Waals surface area contributed by atoms with Crippen LogP contribution in [-0.2, 0) is 6.18 Å². The number of alkyl halides is 3. The Balaban J connectivity index is 2.30. The highest BCUT2D eigenvalue weighted by molar-refractivity contribution is 6.34. The first-order valence-electron chi connectivity index (χ1n) is 6.47. The third-order valence-corrected chi connectivity index (χ3v) is 3.79. The summed E-state index contributed by atoms with van der Waals surface area (Å²) in [5.41, 5.74) is -2.39. The Bertz CT molecular complexity index is 935. The van der Waals surface area contributed by atoms with Crippen molar-refractivity contribution in [3.8, 4) is 16.8 Å². The molecule has 0 aliphatic rings. The van der Waals surface area contributed by atoms with Gasteiger partial charge in [0.25, 0.3) is 0 Å². The van der Waals surface area contributed by atoms with Crippen LogP contribution >= 0.6 is 23.2 Å². The molecule has 0 aliphatic heterocycles. The molecule has 2 heterocycles. The van der Waals surface area contributed by atoms with Crippen molar-refractivity contribution in [2.45, 2.75) is 6.18 Å². The zero-order chi connectivity index (χ0) is 18.4. The van der Waals surface area contributed by atoms with Crippen LogP contribution in [0.5, 0.6) is 0 Å². The predicted octanol–water partition coefficient (Wildman–Crippen LogP) is 4.93. The lowest BCUT2D eigenvalue weighted by Crippen LogP contribution is -2.05. The topological polar surface area (TPSA) is 43.6 Å². The summed E-state index contributed by atoms with van der Waals surface area (Å²) in [5.74, 6) is -2.05. The molecule has 0 unspecified atom stereocenters. The van der Waals surface area contributed by atoms with Gasteiger partial charge < -0.3 is 0 Å². The minimum absolute atomic E-state index is 0.225. The van der Waals surface area contributed by atoms with Gasteiger partial charge in [-0.25, -0.2) is 13.5 Å². The molecular formula is C14H5Cl2F5N4. The van der Waals surface area contributed by atoms with Crippen molar-refractivity contribution in [3.63, 3.8) is 0 Å². The lowest BCUT2D eigenvalue weighted by molar-refractivity contribution is -0.141. The molecule has 0 amide bonds. The Morgan fingerprint density at radius 1 is 0.960 bits per heavy atom. The van der Waals surface area contributed by atoms with Crippen molar-refractivity contribution in [1.82, 2.24) is 20.0 Å². The first-order valence-corrected chi connectivity index (χ1v) is 7.23. The van der Waals surface area contributed by atoms with Gasteiger partial charge in [-0.1, -0.05) is 28.4 Å². The smallest absolute Gasteiger partial charge is 0.260 e. The number of pyridine rings is 1. The summed E-state index contributed by atoms with van der Waals surface area (Å²) in [4.78, 5) is 3.51. The molecule has 0 N–H and O–H groups in total. The van der Waals surface area contributed by atoms with Crippen LogP contribution in [0.25, 0.3) is 16.8 Å². The van der Waals surface area contributed by atoms with Crippen LogP contribution in [0.3, 0.4) is 0 Å². The second-order valence-electron chi connectivity index (χ2n) is 4.78. The average molecular weight is 395 g/mol. The van der Waals surface area contributed by atoms with Gasteiger partial charge in [0.15, 0.2) is 17.3 Å². The van der Waals surface area contributed by atoms with E-state index in [0.29, 0.717) is 10.9 Å². The van der Waals surface area contributed by atoms with Crippen LogP contribution in [-0.4, -0.2) is 20.0 Å². The molecule has 0 atom stereocenters. The maximum absolute atomic E-state index is 14.6. The molecular weight excluding hydrogens is 390 g/mol. The summed E-state index contributed by atoms with van der Waals surface area (Å²) < 4.78 is 67.5. The molecule has 130 valence electrons. The largest absolute Gasteiger partial charge is 0.436 e. The summed E-state index contributed by atoms with van der Waals surface area (Å²) in [7, 11) is 0. The number of hydrogen-bond acceptors (Lipinski definition) is 3. The van der Waals surface area contributed by atoms with E-state index in [1.807, 2.05) is 0 Å². The predicted molar refractivity (Wildman–Crippen MR) is 79.5 cm³/mol. The standard InChI is InChI=1S/C14H5Cl2F5N4/c15-6-1-2-9(25-5-10(23-24-25)14(19,20)21)12(13(6)18)11-7(16)3-22-4-8(11)17/h1-5H. The minimum atomic E-state index is -4.75. The first kappa shape index (κ1) is 17.6. The molecule has 0 saturated carbocycles. The summed E-state index contributed by atoms with van der Waals surface area (Å²) in [6, 6.07) is 2.27. The van der Waals surface area contributed by atoms with Gasteiger partial charge in [-0.15, -0.1) is 5.10 Å². The SMILES string of the molecule is Fc1cncc(Cl)c1-c1c(-n2cc(C(F)(F)F)nn2)ccc(Cl)c1F. The van der Waals surface area contributed by atoms with Gasteiger partial charge in [0.1, 0.15) is 0 Å². The van der Waals surface area contributed by atoms with Gasteiger partial charge in [-0.2, -0.15) is 13.2 Å². The Hall–Kier alpha value is -2.26. The third-order valence-electron chi connectivity index (χ3n) is 3.21. The zero-order valence-electron chi connectivity index (χ0n) is 11.8. The molecule has 1 aromatic carbocycles. The van der Waals surface area contributed by atoms with E-state index in [1.54, 1.807) is 0 Å². The number of rotatable bonds is 2. The lowest BCUT2D eigenvalue weighted by atomic mass is 10.0. The van der Waals surface area contributed by atoms with E-state index in [1.165, 1.54) is 6.07 Å². The highest BCUT2D eigenvalue weighted by atomic mass is 35.5. The molecule has 3 rings (SSSR count). The van der Waals surface area contributed by atoms with E-state index >= 15 is 0 Å². The second-order valence-corrected chi connectivity index (χ2v) is 5.59. The average Bonchev–Trinajstić information content (AvgIpc) is 3.01. The Morgan fingerprint density at radius 2 is 1.68 bits per heavy atom. The van der Waals surface area contributed by atoms with E-state index in [-0.39, 0.29) is 15.7 Å². The molecule has 0 aliphatic carbocycles. The van der Waals surface area contributed by atoms with Gasteiger partial charge in [-0.05, 0) is 12.1 Å². The Kier molecular flexibility index (Phi) is 4.38. The van der Waals surface area contributed by atoms with Gasteiger partial charge in [-0.3, -0.25) is 4.98 Å². The minimum Gasteiger partial charge on any atom is -0.260 e. The Morgan fingerprint density at radius 3 is 2.28 bits per heavy atom. The van der Waals surface area contributed by atoms with E-state index in [0.717, 1.165) is 18.5 Å². The Labute approximate surface area is 146 Å². The molecule has 0 spiro atoms. The molecule has 0 saturated heterocycles. The van der Waals surface area contributed by atoms with E-state index in [9.17, 15) is 22.0 Å². The van der Waals surface area contributed by atoms with E-state index in [4.69, 9.17) is 23.2 Å². The number of nitrogens with zero attached hydrogens (tertiary/aromatic N) is 4. The van der Waals surface area contributed by atoms with Gasteiger partial charge in [0.2, 0.25) is 0 Å². The van der Waals surface area contributed by atoms with Crippen molar-refractivity contribution < 1.29 is 22.0 Å². The molecule has 4 nitrogen and oxygen atoms in total. The highest BCUT2D eigenvalue weighted by Gasteiger charge is 2.35. The number of benzene rings is 1. The first-order chi connectivity index (χ1) is 11.7. The van der Waals surface area contributed by atoms with Crippen LogP contribution in [0.1, 0.15) is 5.69 Å². The summed E-state index contributed by atoms with van der Waals surface area (Å²) >= 11 is 11.6. The molecule has 2 aromatic heterocycles. The van der Waals surface area contributed by atoms with Crippen molar-refractivity contribution in [1.29, 1.82) is 0 Å². The fraction of sp³-hybridized carbons (Fsp3) is 0.0714. The fourth-order valence-corrected chi connectivity index (χ4v) is 2.53. The summed E-state index contributed by atoms with van der Waals surface area (Å²) in [6.07, 6.45) is -2.36. The van der Waals surface area contributed by atoms with Gasteiger partial charge in [0.05, 0.1) is 28.1 Å².